The zero-order valence-corrected chi connectivity index (χ0v) is 13.2. The standard InChI is InChI=1S/C17H25NO3/c1-11(9-15(20)21-17(2,3)4)18-16-13-8-6-5-7-12(13)10-14(16)19/h5-8,11,14,16,18-19H,9-10H2,1-4H3. The van der Waals surface area contributed by atoms with Crippen molar-refractivity contribution < 1.29 is 14.6 Å². The van der Waals surface area contributed by atoms with Gasteiger partial charge in [-0.2, -0.15) is 0 Å². The summed E-state index contributed by atoms with van der Waals surface area (Å²) in [6, 6.07) is 7.87. The van der Waals surface area contributed by atoms with Crippen LogP contribution in [0.4, 0.5) is 0 Å². The fraction of sp³-hybridized carbons (Fsp3) is 0.588. The summed E-state index contributed by atoms with van der Waals surface area (Å²) in [6.45, 7) is 7.53. The minimum Gasteiger partial charge on any atom is -0.460 e. The number of aliphatic hydroxyl groups is 1. The van der Waals surface area contributed by atoms with E-state index >= 15 is 0 Å². The first kappa shape index (κ1) is 16.0. The lowest BCUT2D eigenvalue weighted by molar-refractivity contribution is -0.155. The molecule has 2 rings (SSSR count). The summed E-state index contributed by atoms with van der Waals surface area (Å²) in [5.74, 6) is -0.219. The van der Waals surface area contributed by atoms with Crippen LogP contribution >= 0.6 is 0 Å². The number of benzene rings is 1. The fourth-order valence-electron chi connectivity index (χ4n) is 2.77. The summed E-state index contributed by atoms with van der Waals surface area (Å²) in [7, 11) is 0. The molecule has 0 aromatic heterocycles. The van der Waals surface area contributed by atoms with Crippen LogP contribution in [-0.2, 0) is 16.0 Å². The molecule has 4 heteroatoms. The van der Waals surface area contributed by atoms with Crippen LogP contribution in [0.5, 0.6) is 0 Å². The monoisotopic (exact) mass is 291 g/mol. The van der Waals surface area contributed by atoms with Gasteiger partial charge in [0.25, 0.3) is 0 Å². The first-order valence-electron chi connectivity index (χ1n) is 7.50. The Balaban J connectivity index is 1.94. The molecule has 4 nitrogen and oxygen atoms in total. The van der Waals surface area contributed by atoms with Crippen LogP contribution in [-0.4, -0.2) is 28.8 Å². The van der Waals surface area contributed by atoms with E-state index in [1.54, 1.807) is 0 Å². The molecule has 3 unspecified atom stereocenters. The lowest BCUT2D eigenvalue weighted by Gasteiger charge is -2.24. The molecule has 116 valence electrons. The molecule has 0 saturated carbocycles. The highest BCUT2D eigenvalue weighted by molar-refractivity contribution is 5.70. The summed E-state index contributed by atoms with van der Waals surface area (Å²) in [5, 5.41) is 13.6. The van der Waals surface area contributed by atoms with Gasteiger partial charge in [-0.25, -0.2) is 0 Å². The molecule has 1 aliphatic carbocycles. The Morgan fingerprint density at radius 1 is 1.43 bits per heavy atom. The Morgan fingerprint density at radius 2 is 2.10 bits per heavy atom. The Kier molecular flexibility index (Phi) is 4.69. The average Bonchev–Trinajstić information content (AvgIpc) is 2.63. The number of carbonyl (C=O) groups is 1. The van der Waals surface area contributed by atoms with E-state index in [2.05, 4.69) is 5.32 Å². The minimum absolute atomic E-state index is 0.0503. The van der Waals surface area contributed by atoms with Gasteiger partial charge in [0.05, 0.1) is 18.6 Å². The number of ether oxygens (including phenoxy) is 1. The third kappa shape index (κ3) is 4.29. The molecule has 1 aromatic rings. The Hall–Kier alpha value is -1.39. The number of hydrogen-bond acceptors (Lipinski definition) is 4. The van der Waals surface area contributed by atoms with Gasteiger partial charge in [-0.1, -0.05) is 24.3 Å². The van der Waals surface area contributed by atoms with Gasteiger partial charge in [0.1, 0.15) is 5.60 Å². The molecule has 0 radical (unpaired) electrons. The molecule has 0 bridgehead atoms. The third-order valence-corrected chi connectivity index (χ3v) is 3.56. The molecule has 0 fully saturated rings. The van der Waals surface area contributed by atoms with Crippen molar-refractivity contribution in [2.24, 2.45) is 0 Å². The lowest BCUT2D eigenvalue weighted by Crippen LogP contribution is -2.38. The number of hydrogen-bond donors (Lipinski definition) is 2. The molecule has 0 saturated heterocycles. The molecule has 0 spiro atoms. The van der Waals surface area contributed by atoms with E-state index < -0.39 is 11.7 Å². The third-order valence-electron chi connectivity index (χ3n) is 3.56. The highest BCUT2D eigenvalue weighted by Crippen LogP contribution is 2.31. The summed E-state index contributed by atoms with van der Waals surface area (Å²) in [6.07, 6.45) is 0.513. The smallest absolute Gasteiger partial charge is 0.307 e. The molecule has 1 aliphatic rings. The molecule has 3 atom stereocenters. The van der Waals surface area contributed by atoms with Crippen molar-refractivity contribution in [2.45, 2.75) is 64.3 Å². The van der Waals surface area contributed by atoms with Gasteiger partial charge in [0.15, 0.2) is 0 Å². The normalized spacial score (nSPS) is 22.7. The molecular weight excluding hydrogens is 266 g/mol. The van der Waals surface area contributed by atoms with Gasteiger partial charge in [-0.3, -0.25) is 4.79 Å². The van der Waals surface area contributed by atoms with Gasteiger partial charge in [0.2, 0.25) is 0 Å². The van der Waals surface area contributed by atoms with Gasteiger partial charge < -0.3 is 15.2 Å². The largest absolute Gasteiger partial charge is 0.460 e. The molecule has 21 heavy (non-hydrogen) atoms. The van der Waals surface area contributed by atoms with Crippen LogP contribution in [0.15, 0.2) is 24.3 Å². The fourth-order valence-corrected chi connectivity index (χ4v) is 2.77. The van der Waals surface area contributed by atoms with Crippen molar-refractivity contribution in [3.8, 4) is 0 Å². The Bertz CT molecular complexity index is 507. The minimum atomic E-state index is -0.462. The number of nitrogens with one attached hydrogen (secondary N) is 1. The van der Waals surface area contributed by atoms with Crippen molar-refractivity contribution in [3.05, 3.63) is 35.4 Å². The average molecular weight is 291 g/mol. The van der Waals surface area contributed by atoms with Crippen molar-refractivity contribution in [1.29, 1.82) is 0 Å². The molecule has 0 heterocycles. The van der Waals surface area contributed by atoms with E-state index in [0.29, 0.717) is 12.8 Å². The second-order valence-corrected chi connectivity index (χ2v) is 6.81. The maximum atomic E-state index is 11.8. The number of rotatable bonds is 4. The van der Waals surface area contributed by atoms with Crippen molar-refractivity contribution in [1.82, 2.24) is 5.32 Å². The highest BCUT2D eigenvalue weighted by atomic mass is 16.6. The van der Waals surface area contributed by atoms with Gasteiger partial charge in [-0.15, -0.1) is 0 Å². The second kappa shape index (κ2) is 6.16. The summed E-state index contributed by atoms with van der Waals surface area (Å²) < 4.78 is 5.33. The van der Waals surface area contributed by atoms with E-state index in [9.17, 15) is 9.90 Å². The van der Waals surface area contributed by atoms with E-state index in [-0.39, 0.29) is 18.1 Å². The summed E-state index contributed by atoms with van der Waals surface area (Å²) >= 11 is 0. The van der Waals surface area contributed by atoms with Crippen LogP contribution < -0.4 is 5.32 Å². The van der Waals surface area contributed by atoms with E-state index in [0.717, 1.165) is 5.56 Å². The quantitative estimate of drug-likeness (QED) is 0.836. The van der Waals surface area contributed by atoms with Crippen molar-refractivity contribution in [2.75, 3.05) is 0 Å². The lowest BCUT2D eigenvalue weighted by atomic mass is 10.1. The Labute approximate surface area is 126 Å². The number of esters is 1. The zero-order valence-electron chi connectivity index (χ0n) is 13.2. The van der Waals surface area contributed by atoms with Gasteiger partial charge >= 0.3 is 5.97 Å². The maximum Gasteiger partial charge on any atom is 0.307 e. The molecule has 2 N–H and O–H groups in total. The number of aliphatic hydroxyl groups excluding tert-OH is 1. The second-order valence-electron chi connectivity index (χ2n) is 6.81. The number of fused-ring (bicyclic) bond motifs is 1. The van der Waals surface area contributed by atoms with E-state index in [1.165, 1.54) is 5.56 Å². The van der Waals surface area contributed by atoms with Crippen LogP contribution in [0.25, 0.3) is 0 Å². The highest BCUT2D eigenvalue weighted by Gasteiger charge is 2.32. The SMILES string of the molecule is CC(CC(=O)OC(C)(C)C)NC1c2ccccc2CC1O. The van der Waals surface area contributed by atoms with Crippen LogP contribution in [0, 0.1) is 0 Å². The molecule has 0 amide bonds. The first-order chi connectivity index (χ1) is 9.76. The van der Waals surface area contributed by atoms with Crippen LogP contribution in [0.2, 0.25) is 0 Å². The zero-order chi connectivity index (χ0) is 15.6. The van der Waals surface area contributed by atoms with E-state index in [4.69, 9.17) is 4.74 Å². The molecular formula is C17H25NO3. The first-order valence-corrected chi connectivity index (χ1v) is 7.50. The van der Waals surface area contributed by atoms with Gasteiger partial charge in [-0.05, 0) is 38.8 Å². The maximum absolute atomic E-state index is 11.8. The van der Waals surface area contributed by atoms with Crippen molar-refractivity contribution >= 4 is 5.97 Å². The van der Waals surface area contributed by atoms with Crippen LogP contribution in [0.1, 0.15) is 51.3 Å². The Morgan fingerprint density at radius 3 is 2.76 bits per heavy atom. The molecule has 0 aliphatic heterocycles. The van der Waals surface area contributed by atoms with Crippen molar-refractivity contribution in [3.63, 3.8) is 0 Å². The summed E-state index contributed by atoms with van der Waals surface area (Å²) in [5.41, 5.74) is 1.84. The topological polar surface area (TPSA) is 58.6 Å². The summed E-state index contributed by atoms with van der Waals surface area (Å²) in [4.78, 5) is 11.8. The number of carbonyl (C=O) groups excluding carboxylic acids is 1. The van der Waals surface area contributed by atoms with E-state index in [1.807, 2.05) is 52.0 Å². The predicted molar refractivity (Wildman–Crippen MR) is 82.0 cm³/mol. The molecule has 1 aromatic carbocycles. The predicted octanol–water partition coefficient (Wildman–Crippen LogP) is 2.35. The van der Waals surface area contributed by atoms with Gasteiger partial charge in [0, 0.05) is 12.5 Å². The van der Waals surface area contributed by atoms with Crippen LogP contribution in [0.3, 0.4) is 0 Å².